The number of hydrogen-bond acceptors (Lipinski definition) is 6. The normalized spacial score (nSPS) is 11.7. The minimum atomic E-state index is -0.267. The maximum absolute atomic E-state index is 12.5. The molecule has 1 N–H and O–H groups in total. The largest absolute Gasteiger partial charge is 0.493 e. The second kappa shape index (κ2) is 9.03. The van der Waals surface area contributed by atoms with Crippen molar-refractivity contribution >= 4 is 54.8 Å². The van der Waals surface area contributed by atoms with Crippen molar-refractivity contribution in [3.8, 4) is 16.9 Å². The van der Waals surface area contributed by atoms with Crippen LogP contribution in [-0.4, -0.2) is 22.7 Å². The Bertz CT molecular complexity index is 1280. The van der Waals surface area contributed by atoms with E-state index in [1.54, 1.807) is 12.3 Å². The van der Waals surface area contributed by atoms with Crippen LogP contribution < -0.4 is 10.1 Å². The lowest BCUT2D eigenvalue weighted by atomic mass is 9.99. The number of anilines is 1. The van der Waals surface area contributed by atoms with Crippen LogP contribution in [0.1, 0.15) is 24.4 Å². The molecule has 0 fully saturated rings. The number of halogens is 1. The van der Waals surface area contributed by atoms with Gasteiger partial charge in [-0.15, -0.1) is 10.2 Å². The van der Waals surface area contributed by atoms with E-state index in [-0.39, 0.29) is 5.91 Å². The highest BCUT2D eigenvalue weighted by molar-refractivity contribution is 9.10. The lowest BCUT2D eigenvalue weighted by Gasteiger charge is -2.11. The molecule has 0 atom stereocenters. The van der Waals surface area contributed by atoms with Gasteiger partial charge in [0, 0.05) is 33.1 Å². The van der Waals surface area contributed by atoms with E-state index in [9.17, 15) is 4.79 Å². The average Bonchev–Trinajstić information content (AvgIpc) is 3.33. The zero-order chi connectivity index (χ0) is 22.0. The van der Waals surface area contributed by atoms with Gasteiger partial charge >= 0.3 is 0 Å². The van der Waals surface area contributed by atoms with E-state index in [0.717, 1.165) is 42.7 Å². The van der Waals surface area contributed by atoms with Gasteiger partial charge in [-0.05, 0) is 50.1 Å². The van der Waals surface area contributed by atoms with Gasteiger partial charge in [0.05, 0.1) is 12.9 Å². The third-order valence-corrected chi connectivity index (χ3v) is 5.94. The lowest BCUT2D eigenvalue weighted by molar-refractivity contribution is -0.111. The first-order chi connectivity index (χ1) is 14.9. The van der Waals surface area contributed by atoms with Crippen LogP contribution in [0.15, 0.2) is 57.6 Å². The number of amides is 1. The Hall–Kier alpha value is -2.97. The van der Waals surface area contributed by atoms with Crippen LogP contribution in [0.4, 0.5) is 5.13 Å². The SMILES string of the molecule is CCOc1cc2occ(-c3ccc(Br)cc3)c2cc1/C(C)=C/C(=O)Nc1nnc(C)s1. The molecule has 0 aliphatic carbocycles. The molecule has 0 aliphatic heterocycles. The number of furan rings is 1. The van der Waals surface area contributed by atoms with E-state index in [2.05, 4.69) is 31.4 Å². The van der Waals surface area contributed by atoms with E-state index in [1.807, 2.05) is 57.2 Å². The second-order valence-corrected chi connectivity index (χ2v) is 8.97. The monoisotopic (exact) mass is 497 g/mol. The standard InChI is InChI=1S/C23H20BrN3O3S/c1-4-29-20-11-21-18(19(12-30-21)15-5-7-16(24)8-6-15)10-17(20)13(2)9-22(28)25-23-27-26-14(3)31-23/h5-12H,4H2,1-3H3,(H,25,27,28)/b13-9+. The Labute approximate surface area is 192 Å². The molecule has 31 heavy (non-hydrogen) atoms. The van der Waals surface area contributed by atoms with Crippen molar-refractivity contribution in [1.82, 2.24) is 10.2 Å². The van der Waals surface area contributed by atoms with Crippen molar-refractivity contribution in [2.24, 2.45) is 0 Å². The van der Waals surface area contributed by atoms with Crippen molar-refractivity contribution in [2.45, 2.75) is 20.8 Å². The summed E-state index contributed by atoms with van der Waals surface area (Å²) in [5.41, 5.74) is 4.35. The van der Waals surface area contributed by atoms with Gasteiger partial charge < -0.3 is 9.15 Å². The van der Waals surface area contributed by atoms with E-state index in [1.165, 1.54) is 11.3 Å². The molecule has 4 aromatic rings. The molecule has 6 nitrogen and oxygen atoms in total. The quantitative estimate of drug-likeness (QED) is 0.309. The molecule has 2 aromatic heterocycles. The number of nitrogens with zero attached hydrogens (tertiary/aromatic N) is 2. The number of aromatic nitrogens is 2. The zero-order valence-electron chi connectivity index (χ0n) is 17.2. The summed E-state index contributed by atoms with van der Waals surface area (Å²) in [5, 5.41) is 12.8. The van der Waals surface area contributed by atoms with Crippen LogP contribution >= 0.6 is 27.3 Å². The van der Waals surface area contributed by atoms with Crippen molar-refractivity contribution in [2.75, 3.05) is 11.9 Å². The minimum absolute atomic E-state index is 0.267. The van der Waals surface area contributed by atoms with Crippen LogP contribution in [0, 0.1) is 6.92 Å². The molecule has 0 radical (unpaired) electrons. The third kappa shape index (κ3) is 4.70. The summed E-state index contributed by atoms with van der Waals surface area (Å²) in [5.74, 6) is 0.400. The topological polar surface area (TPSA) is 77.2 Å². The summed E-state index contributed by atoms with van der Waals surface area (Å²) in [6.45, 7) is 6.15. The van der Waals surface area contributed by atoms with Gasteiger partial charge in [-0.3, -0.25) is 10.1 Å². The van der Waals surface area contributed by atoms with Crippen molar-refractivity contribution < 1.29 is 13.9 Å². The molecular formula is C23H20BrN3O3S. The number of fused-ring (bicyclic) bond motifs is 1. The minimum Gasteiger partial charge on any atom is -0.493 e. The van der Waals surface area contributed by atoms with Crippen LogP contribution in [-0.2, 0) is 4.79 Å². The second-order valence-electron chi connectivity index (χ2n) is 6.88. The predicted molar refractivity (Wildman–Crippen MR) is 127 cm³/mol. The fraction of sp³-hybridized carbons (Fsp3) is 0.174. The van der Waals surface area contributed by atoms with E-state index < -0.39 is 0 Å². The summed E-state index contributed by atoms with van der Waals surface area (Å²) in [7, 11) is 0. The van der Waals surface area contributed by atoms with Gasteiger partial charge in [0.15, 0.2) is 0 Å². The number of carbonyl (C=O) groups is 1. The third-order valence-electron chi connectivity index (χ3n) is 4.66. The smallest absolute Gasteiger partial charge is 0.250 e. The number of aryl methyl sites for hydroxylation is 1. The van der Waals surface area contributed by atoms with Crippen molar-refractivity contribution in [3.63, 3.8) is 0 Å². The molecule has 0 spiro atoms. The maximum Gasteiger partial charge on any atom is 0.250 e. The molecule has 2 heterocycles. The molecule has 0 aliphatic rings. The molecular weight excluding hydrogens is 478 g/mol. The van der Waals surface area contributed by atoms with E-state index >= 15 is 0 Å². The number of benzene rings is 2. The highest BCUT2D eigenvalue weighted by Gasteiger charge is 2.15. The first-order valence-electron chi connectivity index (χ1n) is 9.68. The highest BCUT2D eigenvalue weighted by Crippen LogP contribution is 2.37. The molecule has 158 valence electrons. The summed E-state index contributed by atoms with van der Waals surface area (Å²) in [4.78, 5) is 12.5. The molecule has 8 heteroatoms. The Kier molecular flexibility index (Phi) is 6.20. The number of ether oxygens (including phenoxy) is 1. The summed E-state index contributed by atoms with van der Waals surface area (Å²) < 4.78 is 12.7. The summed E-state index contributed by atoms with van der Waals surface area (Å²) in [6.07, 6.45) is 3.29. The maximum atomic E-state index is 12.5. The predicted octanol–water partition coefficient (Wildman–Crippen LogP) is 6.46. The number of carbonyl (C=O) groups excluding carboxylic acids is 1. The number of nitrogens with one attached hydrogen (secondary N) is 1. The highest BCUT2D eigenvalue weighted by atomic mass is 79.9. The van der Waals surface area contributed by atoms with Gasteiger partial charge in [0.1, 0.15) is 16.3 Å². The molecule has 0 saturated heterocycles. The Morgan fingerprint density at radius 2 is 2.03 bits per heavy atom. The molecule has 2 aromatic carbocycles. The molecule has 0 unspecified atom stereocenters. The lowest BCUT2D eigenvalue weighted by Crippen LogP contribution is -2.08. The van der Waals surface area contributed by atoms with Crippen LogP contribution in [0.2, 0.25) is 0 Å². The summed E-state index contributed by atoms with van der Waals surface area (Å²) >= 11 is 4.80. The fourth-order valence-electron chi connectivity index (χ4n) is 3.25. The zero-order valence-corrected chi connectivity index (χ0v) is 19.6. The van der Waals surface area contributed by atoms with Crippen LogP contribution in [0.5, 0.6) is 5.75 Å². The molecule has 4 rings (SSSR count). The molecule has 0 saturated carbocycles. The van der Waals surface area contributed by atoms with Crippen LogP contribution in [0.3, 0.4) is 0 Å². The number of allylic oxidation sites excluding steroid dienone is 1. The fourth-order valence-corrected chi connectivity index (χ4v) is 4.11. The van der Waals surface area contributed by atoms with Gasteiger partial charge in [-0.25, -0.2) is 0 Å². The molecule has 0 bridgehead atoms. The van der Waals surface area contributed by atoms with Gasteiger partial charge in [0.2, 0.25) is 11.0 Å². The van der Waals surface area contributed by atoms with Gasteiger partial charge in [-0.1, -0.05) is 39.4 Å². The van der Waals surface area contributed by atoms with Crippen molar-refractivity contribution in [3.05, 3.63) is 63.8 Å². The van der Waals surface area contributed by atoms with Gasteiger partial charge in [-0.2, -0.15) is 0 Å². The van der Waals surface area contributed by atoms with E-state index in [4.69, 9.17) is 9.15 Å². The van der Waals surface area contributed by atoms with Gasteiger partial charge in [0.25, 0.3) is 0 Å². The Balaban J connectivity index is 1.73. The van der Waals surface area contributed by atoms with Crippen molar-refractivity contribution in [1.29, 1.82) is 0 Å². The average molecular weight is 498 g/mol. The Morgan fingerprint density at radius 3 is 2.71 bits per heavy atom. The Morgan fingerprint density at radius 1 is 1.26 bits per heavy atom. The van der Waals surface area contributed by atoms with E-state index in [0.29, 0.717) is 17.5 Å². The summed E-state index contributed by atoms with van der Waals surface area (Å²) in [6, 6.07) is 11.9. The molecule has 1 amide bonds. The first-order valence-corrected chi connectivity index (χ1v) is 11.3. The number of hydrogen-bond donors (Lipinski definition) is 1. The number of rotatable bonds is 6. The van der Waals surface area contributed by atoms with Crippen LogP contribution in [0.25, 0.3) is 27.7 Å². The first kappa shape index (κ1) is 21.3.